The fraction of sp³-hybridized carbons (Fsp3) is 0.389. The number of carbonyl (C=O) groups is 1. The van der Waals surface area contributed by atoms with E-state index < -0.39 is 0 Å². The highest BCUT2D eigenvalue weighted by Gasteiger charge is 2.29. The number of aromatic amines is 1. The third kappa shape index (κ3) is 3.20. The monoisotopic (exact) mass is 407 g/mol. The normalized spacial score (nSPS) is 17.0. The Balaban J connectivity index is 1.99. The van der Waals surface area contributed by atoms with E-state index in [-0.39, 0.29) is 18.2 Å². The third-order valence-corrected chi connectivity index (χ3v) is 5.73. The Hall–Kier alpha value is -2.09. The fourth-order valence-electron chi connectivity index (χ4n) is 3.67. The van der Waals surface area contributed by atoms with Gasteiger partial charge in [-0.1, -0.05) is 23.2 Å². The summed E-state index contributed by atoms with van der Waals surface area (Å²) < 4.78 is 5.25. The van der Waals surface area contributed by atoms with Gasteiger partial charge in [0.2, 0.25) is 5.91 Å². The zero-order valence-electron chi connectivity index (χ0n) is 15.0. The lowest BCUT2D eigenvalue weighted by Gasteiger charge is -2.14. The van der Waals surface area contributed by atoms with Gasteiger partial charge in [-0.3, -0.25) is 4.79 Å². The van der Waals surface area contributed by atoms with Crippen molar-refractivity contribution >= 4 is 40.0 Å². The summed E-state index contributed by atoms with van der Waals surface area (Å²) in [5.74, 6) is 0.0802. The summed E-state index contributed by atoms with van der Waals surface area (Å²) in [6, 6.07) is 1.79. The average Bonchev–Trinajstić information content (AvgIpc) is 3.19. The predicted molar refractivity (Wildman–Crippen MR) is 104 cm³/mol. The molecular weight excluding hydrogens is 389 g/mol. The summed E-state index contributed by atoms with van der Waals surface area (Å²) >= 11 is 12.9. The minimum Gasteiger partial charge on any atom is -0.385 e. The number of hydrogen-bond donors (Lipinski definition) is 2. The van der Waals surface area contributed by atoms with E-state index in [1.165, 1.54) is 4.80 Å². The molecule has 0 bridgehead atoms. The molecule has 1 atom stereocenters. The first-order valence-electron chi connectivity index (χ1n) is 8.64. The van der Waals surface area contributed by atoms with E-state index in [2.05, 4.69) is 20.5 Å². The molecule has 1 aromatic carbocycles. The third-order valence-electron chi connectivity index (χ3n) is 4.94. The molecule has 0 saturated heterocycles. The van der Waals surface area contributed by atoms with Crippen molar-refractivity contribution in [3.05, 3.63) is 33.6 Å². The number of carbonyl (C=O) groups excluding carboxylic acids is 1. The molecule has 1 amide bonds. The van der Waals surface area contributed by atoms with Crippen LogP contribution < -0.4 is 5.32 Å². The van der Waals surface area contributed by atoms with E-state index in [0.29, 0.717) is 28.9 Å². The maximum absolute atomic E-state index is 12.4. The van der Waals surface area contributed by atoms with Gasteiger partial charge >= 0.3 is 0 Å². The number of rotatable bonds is 4. The number of benzene rings is 1. The lowest BCUT2D eigenvalue weighted by molar-refractivity contribution is -0.120. The van der Waals surface area contributed by atoms with Crippen LogP contribution in [-0.2, 0) is 23.0 Å². The van der Waals surface area contributed by atoms with Crippen LogP contribution in [0.25, 0.3) is 22.2 Å². The molecule has 1 unspecified atom stereocenters. The number of aryl methyl sites for hydroxylation is 1. The van der Waals surface area contributed by atoms with Gasteiger partial charge in [0.05, 0.1) is 28.2 Å². The second-order valence-corrected chi connectivity index (χ2v) is 7.45. The maximum atomic E-state index is 12.4. The van der Waals surface area contributed by atoms with E-state index in [4.69, 9.17) is 27.9 Å². The van der Waals surface area contributed by atoms with Crippen molar-refractivity contribution in [3.63, 3.8) is 0 Å². The van der Waals surface area contributed by atoms with Crippen LogP contribution in [0.15, 0.2) is 12.3 Å². The van der Waals surface area contributed by atoms with Gasteiger partial charge in [0, 0.05) is 49.9 Å². The lowest BCUT2D eigenvalue weighted by Crippen LogP contribution is -2.27. The Morgan fingerprint density at radius 3 is 2.93 bits per heavy atom. The van der Waals surface area contributed by atoms with E-state index in [9.17, 15) is 4.79 Å². The van der Waals surface area contributed by atoms with Crippen molar-refractivity contribution in [3.8, 4) is 11.3 Å². The van der Waals surface area contributed by atoms with Gasteiger partial charge < -0.3 is 15.0 Å². The molecule has 0 fully saturated rings. The number of nitrogens with one attached hydrogen (secondary N) is 2. The second-order valence-electron chi connectivity index (χ2n) is 6.67. The molecule has 0 aliphatic carbocycles. The Labute approximate surface area is 166 Å². The van der Waals surface area contributed by atoms with Crippen LogP contribution in [-0.4, -0.2) is 46.1 Å². The first-order chi connectivity index (χ1) is 13.0. The van der Waals surface area contributed by atoms with Crippen LogP contribution in [0.3, 0.4) is 0 Å². The van der Waals surface area contributed by atoms with Gasteiger partial charge in [0.25, 0.3) is 0 Å². The molecule has 2 N–H and O–H groups in total. The molecule has 1 aliphatic heterocycles. The number of hydrogen-bond acceptors (Lipinski definition) is 4. The number of amides is 1. The van der Waals surface area contributed by atoms with Crippen LogP contribution >= 0.6 is 23.2 Å². The van der Waals surface area contributed by atoms with Crippen LogP contribution in [0, 0.1) is 0 Å². The van der Waals surface area contributed by atoms with Crippen LogP contribution in [0.2, 0.25) is 10.0 Å². The number of halogens is 2. The number of nitrogens with zero attached hydrogens (tertiary/aromatic N) is 3. The predicted octanol–water partition coefficient (Wildman–Crippen LogP) is 3.06. The van der Waals surface area contributed by atoms with Gasteiger partial charge in [-0.15, -0.1) is 0 Å². The highest BCUT2D eigenvalue weighted by molar-refractivity contribution is 6.45. The van der Waals surface area contributed by atoms with Crippen molar-refractivity contribution in [1.29, 1.82) is 0 Å². The number of H-pyrrole nitrogens is 1. The summed E-state index contributed by atoms with van der Waals surface area (Å²) in [5.41, 5.74) is 4.15. The SMILES string of the molecule is COCCC1CNC(=O)Cc2c1[nH]c1c(Cl)c(Cl)cc(-c3cnn(C)n3)c21. The summed E-state index contributed by atoms with van der Waals surface area (Å²) in [5, 5.41) is 13.3. The highest BCUT2D eigenvalue weighted by atomic mass is 35.5. The van der Waals surface area contributed by atoms with Crippen molar-refractivity contribution < 1.29 is 9.53 Å². The minimum atomic E-state index is -0.0202. The standard InChI is InChI=1S/C18H19Cl2N5O2/c1-25-22-8-13(24-25)10-5-12(19)16(20)18-15(10)11-6-14(26)21-7-9(3-4-27-2)17(11)23-18/h5,8-9,23H,3-4,6-7H2,1-2H3,(H,21,26). The zero-order valence-corrected chi connectivity index (χ0v) is 16.5. The molecule has 142 valence electrons. The summed E-state index contributed by atoms with van der Waals surface area (Å²) in [6.45, 7) is 1.15. The maximum Gasteiger partial charge on any atom is 0.224 e. The molecule has 0 radical (unpaired) electrons. The van der Waals surface area contributed by atoms with Crippen LogP contribution in [0.1, 0.15) is 23.6 Å². The number of methoxy groups -OCH3 is 1. The van der Waals surface area contributed by atoms with Crippen molar-refractivity contribution in [2.45, 2.75) is 18.8 Å². The van der Waals surface area contributed by atoms with E-state index in [1.807, 2.05) is 0 Å². The summed E-state index contributed by atoms with van der Waals surface area (Å²) in [7, 11) is 3.42. The molecule has 0 spiro atoms. The molecule has 0 saturated carbocycles. The highest BCUT2D eigenvalue weighted by Crippen LogP contribution is 2.42. The Kier molecular flexibility index (Phi) is 4.84. The second kappa shape index (κ2) is 7.14. The molecule has 4 rings (SSSR count). The van der Waals surface area contributed by atoms with E-state index >= 15 is 0 Å². The van der Waals surface area contributed by atoms with E-state index in [0.717, 1.165) is 34.1 Å². The van der Waals surface area contributed by atoms with Gasteiger partial charge in [-0.2, -0.15) is 15.0 Å². The molecule has 3 aromatic rings. The van der Waals surface area contributed by atoms with Crippen LogP contribution in [0.5, 0.6) is 0 Å². The van der Waals surface area contributed by atoms with E-state index in [1.54, 1.807) is 26.4 Å². The Morgan fingerprint density at radius 2 is 2.22 bits per heavy atom. The first kappa shape index (κ1) is 18.3. The lowest BCUT2D eigenvalue weighted by atomic mass is 9.95. The van der Waals surface area contributed by atoms with Gasteiger partial charge in [0.15, 0.2) is 0 Å². The Bertz CT molecular complexity index is 1030. The molecule has 3 heterocycles. The van der Waals surface area contributed by atoms with Gasteiger partial charge in [-0.25, -0.2) is 0 Å². The minimum absolute atomic E-state index is 0.0202. The molecule has 27 heavy (non-hydrogen) atoms. The van der Waals surface area contributed by atoms with Gasteiger partial charge in [-0.05, 0) is 18.1 Å². The average molecular weight is 408 g/mol. The molecular formula is C18H19Cl2N5O2. The summed E-state index contributed by atoms with van der Waals surface area (Å²) in [4.78, 5) is 17.3. The molecule has 1 aliphatic rings. The molecule has 2 aromatic heterocycles. The smallest absolute Gasteiger partial charge is 0.224 e. The number of ether oxygens (including phenoxy) is 1. The van der Waals surface area contributed by atoms with Crippen LogP contribution in [0.4, 0.5) is 0 Å². The quantitative estimate of drug-likeness (QED) is 0.695. The molecule has 7 nitrogen and oxygen atoms in total. The largest absolute Gasteiger partial charge is 0.385 e. The number of fused-ring (bicyclic) bond motifs is 3. The summed E-state index contributed by atoms with van der Waals surface area (Å²) in [6.07, 6.45) is 2.73. The fourth-order valence-corrected chi connectivity index (χ4v) is 4.07. The molecule has 9 heteroatoms. The van der Waals surface area contributed by atoms with Crippen molar-refractivity contribution in [2.75, 3.05) is 20.3 Å². The van der Waals surface area contributed by atoms with Crippen molar-refractivity contribution in [2.24, 2.45) is 7.05 Å². The Morgan fingerprint density at radius 1 is 1.41 bits per heavy atom. The number of aromatic nitrogens is 4. The first-order valence-corrected chi connectivity index (χ1v) is 9.40. The topological polar surface area (TPSA) is 84.8 Å². The van der Waals surface area contributed by atoms with Crippen molar-refractivity contribution in [1.82, 2.24) is 25.3 Å². The zero-order chi connectivity index (χ0) is 19.1. The van der Waals surface area contributed by atoms with Gasteiger partial charge in [0.1, 0.15) is 5.69 Å².